The zero-order valence-corrected chi connectivity index (χ0v) is 18.2. The molecule has 0 aromatic carbocycles. The van der Waals surface area contributed by atoms with Crippen LogP contribution in [0.3, 0.4) is 0 Å². The van der Waals surface area contributed by atoms with Crippen molar-refractivity contribution >= 4 is 28.7 Å². The minimum absolute atomic E-state index is 0.0719. The SMILES string of the molecule is CN(Cc1cn(C2CCCCO2)nc1I)C1CN(C(=O)OC(C)(C)C)C1. The maximum Gasteiger partial charge on any atom is 0.410 e. The quantitative estimate of drug-likeness (QED) is 0.625. The third kappa shape index (κ3) is 4.89. The number of ether oxygens (including phenoxy) is 2. The fourth-order valence-corrected chi connectivity index (χ4v) is 3.76. The summed E-state index contributed by atoms with van der Waals surface area (Å²) in [5.74, 6) is 0. The molecule has 2 saturated heterocycles. The Kier molecular flexibility index (Phi) is 6.13. The fraction of sp³-hybridized carbons (Fsp3) is 0.778. The molecule has 1 atom stereocenters. The Labute approximate surface area is 169 Å². The van der Waals surface area contributed by atoms with E-state index in [1.165, 1.54) is 12.0 Å². The number of halogens is 1. The lowest BCUT2D eigenvalue weighted by molar-refractivity contribution is -0.0397. The van der Waals surface area contributed by atoms with Gasteiger partial charge in [-0.3, -0.25) is 4.90 Å². The van der Waals surface area contributed by atoms with Crippen LogP contribution >= 0.6 is 22.6 Å². The zero-order valence-electron chi connectivity index (χ0n) is 16.1. The van der Waals surface area contributed by atoms with Gasteiger partial charge in [-0.15, -0.1) is 0 Å². The van der Waals surface area contributed by atoms with E-state index in [0.717, 1.165) is 29.7 Å². The van der Waals surface area contributed by atoms with Crippen LogP contribution < -0.4 is 0 Å². The lowest BCUT2D eigenvalue weighted by atomic mass is 10.1. The van der Waals surface area contributed by atoms with Gasteiger partial charge in [0, 0.05) is 44.0 Å². The van der Waals surface area contributed by atoms with Crippen LogP contribution in [0.2, 0.25) is 0 Å². The topological polar surface area (TPSA) is 59.8 Å². The molecule has 0 radical (unpaired) electrons. The van der Waals surface area contributed by atoms with Gasteiger partial charge in [-0.1, -0.05) is 0 Å². The van der Waals surface area contributed by atoms with E-state index in [2.05, 4.69) is 45.8 Å². The molecular weight excluding hydrogens is 447 g/mol. The Bertz CT molecular complexity index is 631. The minimum Gasteiger partial charge on any atom is -0.444 e. The number of likely N-dealkylation sites (N-methyl/N-ethyl adjacent to an activating group) is 1. The first-order valence-corrected chi connectivity index (χ1v) is 10.3. The second kappa shape index (κ2) is 8.02. The van der Waals surface area contributed by atoms with Crippen LogP contribution in [0.4, 0.5) is 4.79 Å². The lowest BCUT2D eigenvalue weighted by Crippen LogP contribution is -2.60. The number of carbonyl (C=O) groups excluding carboxylic acids is 1. The fourth-order valence-electron chi connectivity index (χ4n) is 3.20. The zero-order chi connectivity index (χ0) is 18.9. The van der Waals surface area contributed by atoms with E-state index < -0.39 is 5.60 Å². The molecule has 146 valence electrons. The van der Waals surface area contributed by atoms with Crippen LogP contribution in [0.25, 0.3) is 0 Å². The van der Waals surface area contributed by atoms with Gasteiger partial charge in [0.1, 0.15) is 15.5 Å². The molecule has 0 N–H and O–H groups in total. The van der Waals surface area contributed by atoms with Crippen molar-refractivity contribution in [3.05, 3.63) is 15.5 Å². The van der Waals surface area contributed by atoms with Crippen molar-refractivity contribution in [3.8, 4) is 0 Å². The highest BCUT2D eigenvalue weighted by atomic mass is 127. The Morgan fingerprint density at radius 1 is 1.42 bits per heavy atom. The van der Waals surface area contributed by atoms with Gasteiger partial charge < -0.3 is 14.4 Å². The number of likely N-dealkylation sites (tertiary alicyclic amines) is 1. The van der Waals surface area contributed by atoms with E-state index >= 15 is 0 Å². The Hall–Kier alpha value is -0.870. The monoisotopic (exact) mass is 476 g/mol. The minimum atomic E-state index is -0.444. The summed E-state index contributed by atoms with van der Waals surface area (Å²) in [5, 5.41) is 4.64. The van der Waals surface area contributed by atoms with Gasteiger partial charge in [0.2, 0.25) is 0 Å². The molecule has 3 rings (SSSR count). The standard InChI is InChI=1S/C18H29IN4O3/c1-18(2,3)26-17(24)22-11-14(12-22)21(4)9-13-10-23(20-16(13)19)15-7-5-6-8-25-15/h10,14-15H,5-9,11-12H2,1-4H3. The molecule has 2 aliphatic rings. The van der Waals surface area contributed by atoms with Crippen LogP contribution in [0, 0.1) is 3.70 Å². The summed E-state index contributed by atoms with van der Waals surface area (Å²) in [7, 11) is 2.10. The number of aromatic nitrogens is 2. The first-order valence-electron chi connectivity index (χ1n) is 9.26. The van der Waals surface area contributed by atoms with E-state index in [9.17, 15) is 4.79 Å². The number of hydrogen-bond acceptors (Lipinski definition) is 5. The molecule has 7 nitrogen and oxygen atoms in total. The summed E-state index contributed by atoms with van der Waals surface area (Å²) in [5.41, 5.74) is 0.762. The molecule has 1 aromatic rings. The van der Waals surface area contributed by atoms with Crippen molar-refractivity contribution in [2.75, 3.05) is 26.7 Å². The van der Waals surface area contributed by atoms with Gasteiger partial charge in [-0.2, -0.15) is 5.10 Å². The summed E-state index contributed by atoms with van der Waals surface area (Å²) in [6.45, 7) is 8.73. The number of hydrogen-bond donors (Lipinski definition) is 0. The second-order valence-corrected chi connectivity index (χ2v) is 9.22. The third-order valence-corrected chi connectivity index (χ3v) is 5.67. The first kappa shape index (κ1) is 19.9. The van der Waals surface area contributed by atoms with Crippen molar-refractivity contribution in [3.63, 3.8) is 0 Å². The molecule has 1 amide bonds. The van der Waals surface area contributed by atoms with E-state index in [0.29, 0.717) is 19.1 Å². The molecule has 3 heterocycles. The van der Waals surface area contributed by atoms with Crippen LogP contribution in [0.1, 0.15) is 51.8 Å². The molecule has 0 saturated carbocycles. The van der Waals surface area contributed by atoms with Crippen molar-refractivity contribution < 1.29 is 14.3 Å². The van der Waals surface area contributed by atoms with Gasteiger partial charge in [0.05, 0.1) is 0 Å². The molecule has 8 heteroatoms. The van der Waals surface area contributed by atoms with Gasteiger partial charge in [-0.05, 0) is 69.7 Å². The molecule has 2 aliphatic heterocycles. The Morgan fingerprint density at radius 2 is 2.15 bits per heavy atom. The first-order chi connectivity index (χ1) is 12.2. The number of rotatable bonds is 4. The molecule has 1 unspecified atom stereocenters. The van der Waals surface area contributed by atoms with E-state index in [-0.39, 0.29) is 12.3 Å². The Balaban J connectivity index is 1.51. The second-order valence-electron chi connectivity index (χ2n) is 8.20. The normalized spacial score (nSPS) is 21.8. The molecule has 0 bridgehead atoms. The number of carbonyl (C=O) groups is 1. The van der Waals surface area contributed by atoms with E-state index in [4.69, 9.17) is 9.47 Å². The predicted molar refractivity (Wildman–Crippen MR) is 107 cm³/mol. The molecule has 2 fully saturated rings. The molecule has 1 aromatic heterocycles. The summed E-state index contributed by atoms with van der Waals surface area (Å²) in [6, 6.07) is 0.354. The Morgan fingerprint density at radius 3 is 2.77 bits per heavy atom. The van der Waals surface area contributed by atoms with E-state index in [1.54, 1.807) is 4.90 Å². The van der Waals surface area contributed by atoms with Gasteiger partial charge in [-0.25, -0.2) is 9.48 Å². The van der Waals surface area contributed by atoms with Crippen LogP contribution in [0.15, 0.2) is 6.20 Å². The average molecular weight is 476 g/mol. The van der Waals surface area contributed by atoms with Crippen molar-refractivity contribution in [2.45, 2.75) is 64.4 Å². The van der Waals surface area contributed by atoms with E-state index in [1.807, 2.05) is 25.5 Å². The maximum absolute atomic E-state index is 12.1. The van der Waals surface area contributed by atoms with Crippen LogP contribution in [0.5, 0.6) is 0 Å². The predicted octanol–water partition coefficient (Wildman–Crippen LogP) is 3.24. The average Bonchev–Trinajstić information content (AvgIpc) is 2.86. The summed E-state index contributed by atoms with van der Waals surface area (Å²) in [4.78, 5) is 16.1. The smallest absolute Gasteiger partial charge is 0.410 e. The lowest BCUT2D eigenvalue weighted by Gasteiger charge is -2.44. The largest absolute Gasteiger partial charge is 0.444 e. The van der Waals surface area contributed by atoms with Crippen LogP contribution in [-0.4, -0.2) is 64.1 Å². The van der Waals surface area contributed by atoms with Gasteiger partial charge in [0.15, 0.2) is 0 Å². The number of amides is 1. The van der Waals surface area contributed by atoms with Gasteiger partial charge in [0.25, 0.3) is 0 Å². The molecule has 26 heavy (non-hydrogen) atoms. The van der Waals surface area contributed by atoms with Crippen molar-refractivity contribution in [1.82, 2.24) is 19.6 Å². The highest BCUT2D eigenvalue weighted by Gasteiger charge is 2.36. The summed E-state index contributed by atoms with van der Waals surface area (Å²) in [6.07, 6.45) is 5.32. The molecular formula is C18H29IN4O3. The van der Waals surface area contributed by atoms with Crippen LogP contribution in [-0.2, 0) is 16.0 Å². The van der Waals surface area contributed by atoms with Gasteiger partial charge >= 0.3 is 6.09 Å². The molecule has 0 spiro atoms. The number of nitrogens with zero attached hydrogens (tertiary/aromatic N) is 4. The molecule has 0 aliphatic carbocycles. The summed E-state index contributed by atoms with van der Waals surface area (Å²) < 4.78 is 14.2. The maximum atomic E-state index is 12.1. The highest BCUT2D eigenvalue weighted by molar-refractivity contribution is 14.1. The highest BCUT2D eigenvalue weighted by Crippen LogP contribution is 2.25. The summed E-state index contributed by atoms with van der Waals surface area (Å²) >= 11 is 2.29. The third-order valence-electron chi connectivity index (χ3n) is 4.76. The van der Waals surface area contributed by atoms with Crippen molar-refractivity contribution in [1.29, 1.82) is 0 Å². The van der Waals surface area contributed by atoms with Crippen molar-refractivity contribution in [2.24, 2.45) is 0 Å².